The maximum atomic E-state index is 8.83. The molecule has 0 aromatic carbocycles. The Morgan fingerprint density at radius 3 is 2.81 bits per heavy atom. The van der Waals surface area contributed by atoms with Crippen LogP contribution in [0.25, 0.3) is 0 Å². The predicted molar refractivity (Wildman–Crippen MR) is 62.0 cm³/mol. The molecule has 0 unspecified atom stereocenters. The van der Waals surface area contributed by atoms with Gasteiger partial charge in [-0.1, -0.05) is 0 Å². The molecule has 0 bridgehead atoms. The van der Waals surface area contributed by atoms with Gasteiger partial charge in [0.2, 0.25) is 0 Å². The average Bonchev–Trinajstić information content (AvgIpc) is 2.88. The van der Waals surface area contributed by atoms with Crippen LogP contribution in [0.2, 0.25) is 0 Å². The van der Waals surface area contributed by atoms with Crippen molar-refractivity contribution >= 4 is 11.3 Å². The summed E-state index contributed by atoms with van der Waals surface area (Å²) in [5.41, 5.74) is 0. The SMILES string of the molecule is Cc1cnc(CNCc2ccc(CO)o2)s1. The molecule has 0 aliphatic rings. The number of aliphatic hydroxyl groups is 1. The van der Waals surface area contributed by atoms with Crippen LogP contribution in [0.3, 0.4) is 0 Å². The van der Waals surface area contributed by atoms with Crippen LogP contribution in [-0.4, -0.2) is 10.1 Å². The van der Waals surface area contributed by atoms with Crippen molar-refractivity contribution in [3.05, 3.63) is 39.7 Å². The molecule has 2 aromatic heterocycles. The molecule has 2 N–H and O–H groups in total. The van der Waals surface area contributed by atoms with Gasteiger partial charge in [0.25, 0.3) is 0 Å². The Morgan fingerprint density at radius 2 is 2.19 bits per heavy atom. The van der Waals surface area contributed by atoms with Crippen molar-refractivity contribution in [3.8, 4) is 0 Å². The fraction of sp³-hybridized carbons (Fsp3) is 0.364. The molecule has 0 saturated carbocycles. The Bertz CT molecular complexity index is 450. The van der Waals surface area contributed by atoms with Gasteiger partial charge in [-0.2, -0.15) is 0 Å². The molecule has 0 amide bonds. The minimum absolute atomic E-state index is 0.0499. The number of aromatic nitrogens is 1. The van der Waals surface area contributed by atoms with Gasteiger partial charge in [0, 0.05) is 17.6 Å². The zero-order valence-corrected chi connectivity index (χ0v) is 9.88. The number of nitrogens with one attached hydrogen (secondary N) is 1. The van der Waals surface area contributed by atoms with E-state index in [1.807, 2.05) is 19.2 Å². The van der Waals surface area contributed by atoms with E-state index < -0.39 is 0 Å². The average molecular weight is 238 g/mol. The lowest BCUT2D eigenvalue weighted by Crippen LogP contribution is -2.11. The fourth-order valence-electron chi connectivity index (χ4n) is 1.38. The molecule has 0 atom stereocenters. The summed E-state index contributed by atoms with van der Waals surface area (Å²) in [6.45, 7) is 3.39. The van der Waals surface area contributed by atoms with Crippen molar-refractivity contribution in [1.82, 2.24) is 10.3 Å². The first kappa shape index (κ1) is 11.3. The van der Waals surface area contributed by atoms with Crippen LogP contribution < -0.4 is 5.32 Å². The zero-order chi connectivity index (χ0) is 11.4. The summed E-state index contributed by atoms with van der Waals surface area (Å²) >= 11 is 1.69. The van der Waals surface area contributed by atoms with E-state index in [0.717, 1.165) is 17.3 Å². The molecule has 0 radical (unpaired) electrons. The first-order valence-corrected chi connectivity index (χ1v) is 5.90. The van der Waals surface area contributed by atoms with Gasteiger partial charge < -0.3 is 14.8 Å². The molecule has 0 aliphatic carbocycles. The van der Waals surface area contributed by atoms with Gasteiger partial charge in [-0.05, 0) is 19.1 Å². The first-order valence-electron chi connectivity index (χ1n) is 5.08. The summed E-state index contributed by atoms with van der Waals surface area (Å²) in [6.07, 6.45) is 1.87. The van der Waals surface area contributed by atoms with E-state index in [9.17, 15) is 0 Å². The van der Waals surface area contributed by atoms with Crippen molar-refractivity contribution in [2.24, 2.45) is 0 Å². The molecular formula is C11H14N2O2S. The number of furan rings is 1. The predicted octanol–water partition coefficient (Wildman–Crippen LogP) is 1.83. The molecule has 16 heavy (non-hydrogen) atoms. The largest absolute Gasteiger partial charge is 0.462 e. The second kappa shape index (κ2) is 5.25. The number of aliphatic hydroxyl groups excluding tert-OH is 1. The third-order valence-corrected chi connectivity index (χ3v) is 3.03. The Balaban J connectivity index is 1.79. The molecule has 2 heterocycles. The van der Waals surface area contributed by atoms with Gasteiger partial charge in [0.15, 0.2) is 0 Å². The fourth-order valence-corrected chi connectivity index (χ4v) is 2.13. The highest BCUT2D eigenvalue weighted by Crippen LogP contribution is 2.11. The molecule has 2 rings (SSSR count). The van der Waals surface area contributed by atoms with E-state index in [1.54, 1.807) is 17.4 Å². The number of hydrogen-bond donors (Lipinski definition) is 2. The second-order valence-electron chi connectivity index (χ2n) is 3.49. The first-order chi connectivity index (χ1) is 7.78. The van der Waals surface area contributed by atoms with E-state index in [4.69, 9.17) is 9.52 Å². The van der Waals surface area contributed by atoms with Crippen LogP contribution in [0.5, 0.6) is 0 Å². The summed E-state index contributed by atoms with van der Waals surface area (Å²) in [6, 6.07) is 3.65. The quantitative estimate of drug-likeness (QED) is 0.834. The highest BCUT2D eigenvalue weighted by molar-refractivity contribution is 7.11. The van der Waals surface area contributed by atoms with Gasteiger partial charge in [-0.25, -0.2) is 4.98 Å². The third-order valence-electron chi connectivity index (χ3n) is 2.12. The van der Waals surface area contributed by atoms with Crippen LogP contribution in [0.1, 0.15) is 21.4 Å². The maximum Gasteiger partial charge on any atom is 0.129 e. The van der Waals surface area contributed by atoms with E-state index >= 15 is 0 Å². The Morgan fingerprint density at radius 1 is 1.38 bits per heavy atom. The van der Waals surface area contributed by atoms with Crippen LogP contribution in [-0.2, 0) is 19.7 Å². The molecule has 86 valence electrons. The monoisotopic (exact) mass is 238 g/mol. The van der Waals surface area contributed by atoms with Crippen LogP contribution >= 0.6 is 11.3 Å². The molecule has 0 spiro atoms. The topological polar surface area (TPSA) is 58.3 Å². The third kappa shape index (κ3) is 2.91. The molecule has 5 heteroatoms. The van der Waals surface area contributed by atoms with Crippen LogP contribution in [0, 0.1) is 6.92 Å². The van der Waals surface area contributed by atoms with Crippen molar-refractivity contribution < 1.29 is 9.52 Å². The molecule has 0 saturated heterocycles. The minimum atomic E-state index is -0.0499. The molecule has 4 nitrogen and oxygen atoms in total. The van der Waals surface area contributed by atoms with Gasteiger partial charge in [0.1, 0.15) is 23.1 Å². The number of aryl methyl sites for hydroxylation is 1. The normalized spacial score (nSPS) is 10.9. The highest BCUT2D eigenvalue weighted by Gasteiger charge is 2.02. The molecule has 2 aromatic rings. The lowest BCUT2D eigenvalue weighted by atomic mass is 10.4. The van der Waals surface area contributed by atoms with Crippen LogP contribution in [0.15, 0.2) is 22.7 Å². The number of thiazole rings is 1. The van der Waals surface area contributed by atoms with Crippen LogP contribution in [0.4, 0.5) is 0 Å². The Labute approximate surface area is 97.9 Å². The Hall–Kier alpha value is -1.17. The standard InChI is InChI=1S/C11H14N2O2S/c1-8-4-13-11(16-8)6-12-5-9-2-3-10(7-14)15-9/h2-4,12,14H,5-7H2,1H3. The lowest BCUT2D eigenvalue weighted by molar-refractivity contribution is 0.242. The lowest BCUT2D eigenvalue weighted by Gasteiger charge is -1.99. The van der Waals surface area contributed by atoms with E-state index in [1.165, 1.54) is 4.88 Å². The van der Waals surface area contributed by atoms with Gasteiger partial charge in [-0.15, -0.1) is 11.3 Å². The summed E-state index contributed by atoms with van der Waals surface area (Å²) in [5, 5.41) is 13.2. The van der Waals surface area contributed by atoms with Gasteiger partial charge in [-0.3, -0.25) is 0 Å². The summed E-state index contributed by atoms with van der Waals surface area (Å²) in [5.74, 6) is 1.43. The summed E-state index contributed by atoms with van der Waals surface area (Å²) in [4.78, 5) is 5.47. The number of rotatable bonds is 5. The minimum Gasteiger partial charge on any atom is -0.462 e. The zero-order valence-electron chi connectivity index (χ0n) is 9.06. The van der Waals surface area contributed by atoms with Crippen molar-refractivity contribution in [3.63, 3.8) is 0 Å². The summed E-state index contributed by atoms with van der Waals surface area (Å²) < 4.78 is 5.35. The molecular weight excluding hydrogens is 224 g/mol. The van der Waals surface area contributed by atoms with Crippen molar-refractivity contribution in [2.45, 2.75) is 26.6 Å². The van der Waals surface area contributed by atoms with E-state index in [2.05, 4.69) is 10.3 Å². The number of nitrogens with zero attached hydrogens (tertiary/aromatic N) is 1. The van der Waals surface area contributed by atoms with Gasteiger partial charge in [0.05, 0.1) is 6.54 Å². The van der Waals surface area contributed by atoms with E-state index in [0.29, 0.717) is 12.3 Å². The summed E-state index contributed by atoms with van der Waals surface area (Å²) in [7, 11) is 0. The van der Waals surface area contributed by atoms with Gasteiger partial charge >= 0.3 is 0 Å². The Kier molecular flexibility index (Phi) is 3.71. The second-order valence-corrected chi connectivity index (χ2v) is 4.81. The smallest absolute Gasteiger partial charge is 0.129 e. The maximum absolute atomic E-state index is 8.83. The molecule has 0 aliphatic heterocycles. The van der Waals surface area contributed by atoms with Crippen molar-refractivity contribution in [2.75, 3.05) is 0 Å². The van der Waals surface area contributed by atoms with Crippen molar-refractivity contribution in [1.29, 1.82) is 0 Å². The number of hydrogen-bond acceptors (Lipinski definition) is 5. The highest BCUT2D eigenvalue weighted by atomic mass is 32.1. The van der Waals surface area contributed by atoms with E-state index in [-0.39, 0.29) is 6.61 Å². The molecule has 0 fully saturated rings.